The molecule has 1 heterocycles. The molecule has 1 saturated heterocycles. The van der Waals surface area contributed by atoms with E-state index >= 15 is 0 Å². The van der Waals surface area contributed by atoms with Crippen molar-refractivity contribution >= 4 is 5.91 Å². The summed E-state index contributed by atoms with van der Waals surface area (Å²) in [7, 11) is 0. The first-order valence-electron chi connectivity index (χ1n) is 6.53. The Bertz CT molecular complexity index is 252. The average Bonchev–Trinajstić information content (AvgIpc) is 2.24. The molecule has 0 aromatic rings. The van der Waals surface area contributed by atoms with Gasteiger partial charge in [-0.2, -0.15) is 0 Å². The highest BCUT2D eigenvalue weighted by molar-refractivity contribution is 5.77. The fraction of sp³-hybridized carbons (Fsp3) is 0.923. The molecule has 1 aliphatic heterocycles. The zero-order chi connectivity index (χ0) is 12.9. The lowest BCUT2D eigenvalue weighted by Gasteiger charge is -2.39. The van der Waals surface area contributed by atoms with Crippen molar-refractivity contribution in [1.82, 2.24) is 10.6 Å². The fourth-order valence-corrected chi connectivity index (χ4v) is 2.13. The molecule has 1 aliphatic rings. The van der Waals surface area contributed by atoms with E-state index < -0.39 is 0 Å². The van der Waals surface area contributed by atoms with E-state index in [0.29, 0.717) is 12.6 Å². The van der Waals surface area contributed by atoms with E-state index in [4.69, 9.17) is 4.74 Å². The normalized spacial score (nSPS) is 23.7. The zero-order valence-corrected chi connectivity index (χ0v) is 11.5. The number of nitrogens with one attached hydrogen (secondary N) is 2. The summed E-state index contributed by atoms with van der Waals surface area (Å²) in [6.07, 6.45) is 2.53. The lowest BCUT2D eigenvalue weighted by Crippen LogP contribution is -2.53. The highest BCUT2D eigenvalue weighted by Gasteiger charge is 2.31. The Kier molecular flexibility index (Phi) is 5.40. The van der Waals surface area contributed by atoms with Crippen LogP contribution in [0.4, 0.5) is 0 Å². The summed E-state index contributed by atoms with van der Waals surface area (Å²) in [5.41, 5.74) is 0.254. The molecule has 4 heteroatoms. The van der Waals surface area contributed by atoms with Gasteiger partial charge in [-0.15, -0.1) is 0 Å². The van der Waals surface area contributed by atoms with E-state index in [1.807, 2.05) is 13.8 Å². The minimum atomic E-state index is -0.0260. The molecule has 0 aromatic heterocycles. The van der Waals surface area contributed by atoms with Gasteiger partial charge < -0.3 is 15.4 Å². The second-order valence-electron chi connectivity index (χ2n) is 5.76. The van der Waals surface area contributed by atoms with Gasteiger partial charge in [0.15, 0.2) is 0 Å². The smallest absolute Gasteiger partial charge is 0.246 e. The number of hydrogen-bond donors (Lipinski definition) is 2. The van der Waals surface area contributed by atoms with Gasteiger partial charge in [-0.1, -0.05) is 13.8 Å². The zero-order valence-electron chi connectivity index (χ0n) is 11.5. The molecule has 0 aromatic carbocycles. The minimum Gasteiger partial charge on any atom is -0.369 e. The molecule has 1 rings (SSSR count). The van der Waals surface area contributed by atoms with E-state index in [1.54, 1.807) is 0 Å². The Labute approximate surface area is 104 Å². The molecule has 2 N–H and O–H groups in total. The van der Waals surface area contributed by atoms with Crippen LogP contribution in [-0.4, -0.2) is 37.7 Å². The SMILES string of the molecule is CC(C)OCC(=O)NCC1NCCCC1(C)C. The molecule has 100 valence electrons. The third-order valence-electron chi connectivity index (χ3n) is 3.38. The minimum absolute atomic E-state index is 0.0260. The highest BCUT2D eigenvalue weighted by atomic mass is 16.5. The first-order chi connectivity index (χ1) is 7.92. The maximum Gasteiger partial charge on any atom is 0.246 e. The van der Waals surface area contributed by atoms with Crippen molar-refractivity contribution in [1.29, 1.82) is 0 Å². The summed E-state index contributed by atoms with van der Waals surface area (Å²) in [5.74, 6) is -0.0260. The number of rotatable bonds is 5. The molecule has 1 amide bonds. The molecule has 1 atom stereocenters. The summed E-state index contributed by atoms with van der Waals surface area (Å²) in [6, 6.07) is 0.360. The number of hydrogen-bond acceptors (Lipinski definition) is 3. The molecule has 0 radical (unpaired) electrons. The van der Waals surface area contributed by atoms with Crippen LogP contribution in [0.2, 0.25) is 0 Å². The molecule has 1 fully saturated rings. The quantitative estimate of drug-likeness (QED) is 0.764. The van der Waals surface area contributed by atoms with Gasteiger partial charge >= 0.3 is 0 Å². The van der Waals surface area contributed by atoms with Crippen LogP contribution < -0.4 is 10.6 Å². The van der Waals surface area contributed by atoms with Gasteiger partial charge in [0.1, 0.15) is 6.61 Å². The van der Waals surface area contributed by atoms with Crippen LogP contribution in [0.5, 0.6) is 0 Å². The van der Waals surface area contributed by atoms with Crippen molar-refractivity contribution in [3.05, 3.63) is 0 Å². The molecule has 4 nitrogen and oxygen atoms in total. The van der Waals surface area contributed by atoms with Crippen LogP contribution >= 0.6 is 0 Å². The summed E-state index contributed by atoms with van der Waals surface area (Å²) in [6.45, 7) is 10.3. The Morgan fingerprint density at radius 3 is 2.82 bits per heavy atom. The molecule has 0 saturated carbocycles. The second kappa shape index (κ2) is 6.36. The molecule has 0 spiro atoms. The van der Waals surface area contributed by atoms with E-state index in [-0.39, 0.29) is 24.0 Å². The monoisotopic (exact) mass is 242 g/mol. The van der Waals surface area contributed by atoms with E-state index in [1.165, 1.54) is 12.8 Å². The topological polar surface area (TPSA) is 50.4 Å². The van der Waals surface area contributed by atoms with Crippen LogP contribution in [0.1, 0.15) is 40.5 Å². The van der Waals surface area contributed by atoms with Gasteiger partial charge in [-0.3, -0.25) is 4.79 Å². The highest BCUT2D eigenvalue weighted by Crippen LogP contribution is 2.29. The maximum atomic E-state index is 11.5. The summed E-state index contributed by atoms with van der Waals surface area (Å²) in [4.78, 5) is 11.5. The number of carbonyl (C=O) groups is 1. The van der Waals surface area contributed by atoms with Gasteiger partial charge in [-0.05, 0) is 38.6 Å². The number of piperidine rings is 1. The Morgan fingerprint density at radius 1 is 1.53 bits per heavy atom. The molecule has 17 heavy (non-hydrogen) atoms. The van der Waals surface area contributed by atoms with Gasteiger partial charge in [0.2, 0.25) is 5.91 Å². The van der Waals surface area contributed by atoms with Gasteiger partial charge in [-0.25, -0.2) is 0 Å². The van der Waals surface area contributed by atoms with Gasteiger partial charge in [0, 0.05) is 12.6 Å². The first-order valence-corrected chi connectivity index (χ1v) is 6.53. The summed E-state index contributed by atoms with van der Waals surface area (Å²) in [5, 5.41) is 6.41. The molecular formula is C13H26N2O2. The van der Waals surface area contributed by atoms with Crippen LogP contribution in [0.15, 0.2) is 0 Å². The number of ether oxygens (including phenoxy) is 1. The number of carbonyl (C=O) groups excluding carboxylic acids is 1. The predicted octanol–water partition coefficient (Wildman–Crippen LogP) is 1.31. The molecular weight excluding hydrogens is 216 g/mol. The number of amides is 1. The third kappa shape index (κ3) is 5.04. The lowest BCUT2D eigenvalue weighted by molar-refractivity contribution is -0.127. The largest absolute Gasteiger partial charge is 0.369 e. The molecule has 0 bridgehead atoms. The van der Waals surface area contributed by atoms with Crippen LogP contribution in [0, 0.1) is 5.41 Å². The van der Waals surface area contributed by atoms with E-state index in [0.717, 1.165) is 6.54 Å². The van der Waals surface area contributed by atoms with Crippen molar-refractivity contribution in [2.75, 3.05) is 19.7 Å². The van der Waals surface area contributed by atoms with E-state index in [2.05, 4.69) is 24.5 Å². The average molecular weight is 242 g/mol. The Morgan fingerprint density at radius 2 is 2.24 bits per heavy atom. The Balaban J connectivity index is 2.27. The summed E-state index contributed by atoms with van der Waals surface area (Å²) < 4.78 is 5.26. The Hall–Kier alpha value is -0.610. The van der Waals surface area contributed by atoms with Crippen molar-refractivity contribution in [2.45, 2.75) is 52.7 Å². The van der Waals surface area contributed by atoms with Crippen molar-refractivity contribution in [3.63, 3.8) is 0 Å². The molecule has 1 unspecified atom stereocenters. The lowest BCUT2D eigenvalue weighted by atomic mass is 9.77. The maximum absolute atomic E-state index is 11.5. The predicted molar refractivity (Wildman–Crippen MR) is 68.9 cm³/mol. The standard InChI is InChI=1S/C13H26N2O2/c1-10(2)17-9-12(16)15-8-11-13(3,4)6-5-7-14-11/h10-11,14H,5-9H2,1-4H3,(H,15,16). The van der Waals surface area contributed by atoms with Crippen LogP contribution in [-0.2, 0) is 9.53 Å². The third-order valence-corrected chi connectivity index (χ3v) is 3.38. The van der Waals surface area contributed by atoms with E-state index in [9.17, 15) is 4.79 Å². The van der Waals surface area contributed by atoms with Gasteiger partial charge in [0.25, 0.3) is 0 Å². The fourth-order valence-electron chi connectivity index (χ4n) is 2.13. The molecule has 0 aliphatic carbocycles. The van der Waals surface area contributed by atoms with Crippen molar-refractivity contribution in [2.24, 2.45) is 5.41 Å². The van der Waals surface area contributed by atoms with Crippen LogP contribution in [0.3, 0.4) is 0 Å². The first kappa shape index (κ1) is 14.5. The van der Waals surface area contributed by atoms with Gasteiger partial charge in [0.05, 0.1) is 6.10 Å². The van der Waals surface area contributed by atoms with Crippen molar-refractivity contribution < 1.29 is 9.53 Å². The second-order valence-corrected chi connectivity index (χ2v) is 5.76. The van der Waals surface area contributed by atoms with Crippen LogP contribution in [0.25, 0.3) is 0 Å². The van der Waals surface area contributed by atoms with Crippen molar-refractivity contribution in [3.8, 4) is 0 Å². The summed E-state index contributed by atoms with van der Waals surface area (Å²) >= 11 is 0.